The fraction of sp³-hybridized carbons (Fsp3) is 0.182. The second kappa shape index (κ2) is 8.23. The zero-order valence-corrected chi connectivity index (χ0v) is 17.8. The van der Waals surface area contributed by atoms with E-state index in [1.54, 1.807) is 55.5 Å². The second-order valence-corrected chi connectivity index (χ2v) is 7.11. The van der Waals surface area contributed by atoms with Crippen LogP contribution in [0.5, 0.6) is 5.75 Å². The van der Waals surface area contributed by atoms with Gasteiger partial charge in [0.25, 0.3) is 5.91 Å². The lowest BCUT2D eigenvalue weighted by Gasteiger charge is -2.08. The number of imidazole rings is 1. The predicted octanol–water partition coefficient (Wildman–Crippen LogP) is 3.42. The number of rotatable bonds is 6. The first-order valence-corrected chi connectivity index (χ1v) is 10.1. The van der Waals surface area contributed by atoms with Crippen LogP contribution in [0.4, 0.5) is 0 Å². The van der Waals surface area contributed by atoms with Crippen molar-refractivity contribution < 1.29 is 9.53 Å². The van der Waals surface area contributed by atoms with Crippen LogP contribution in [0.15, 0.2) is 53.3 Å². The van der Waals surface area contributed by atoms with Crippen LogP contribution in [0.2, 0.25) is 5.02 Å². The molecule has 0 saturated heterocycles. The maximum Gasteiger partial charge on any atom is 0.335 e. The molecule has 2 N–H and O–H groups in total. The Kier molecular flexibility index (Phi) is 5.48. The first-order chi connectivity index (χ1) is 15.0. The molecule has 0 fully saturated rings. The summed E-state index contributed by atoms with van der Waals surface area (Å²) in [5.41, 5.74) is 6.91. The minimum Gasteiger partial charge on any atom is -0.494 e. The van der Waals surface area contributed by atoms with Crippen LogP contribution in [0.3, 0.4) is 0 Å². The SMILES string of the molecule is CCOc1ccc(-n2c(=O)n(CC)c3c(C(N)=O)nc(-c4ccccc4Cl)nc32)cc1. The van der Waals surface area contributed by atoms with E-state index >= 15 is 0 Å². The number of carbonyl (C=O) groups excluding carboxylic acids is 1. The van der Waals surface area contributed by atoms with Crippen molar-refractivity contribution in [3.8, 4) is 22.8 Å². The van der Waals surface area contributed by atoms with E-state index in [1.165, 1.54) is 9.13 Å². The number of aryl methyl sites for hydroxylation is 1. The minimum absolute atomic E-state index is 0.0384. The Balaban J connectivity index is 2.07. The molecule has 2 aromatic carbocycles. The molecule has 0 bridgehead atoms. The summed E-state index contributed by atoms with van der Waals surface area (Å²) in [6, 6.07) is 14.1. The number of hydrogen-bond acceptors (Lipinski definition) is 5. The van der Waals surface area contributed by atoms with E-state index in [9.17, 15) is 9.59 Å². The standard InChI is InChI=1S/C22H20ClN5O3/c1-3-27-18-17(19(24)29)25-20(15-7-5-6-8-16(15)23)26-21(18)28(22(27)30)13-9-11-14(12-10-13)31-4-2/h5-12H,3-4H2,1-2H3,(H2,24,29). The van der Waals surface area contributed by atoms with Crippen LogP contribution in [0.1, 0.15) is 24.3 Å². The Morgan fingerprint density at radius 3 is 2.42 bits per heavy atom. The number of nitrogens with two attached hydrogens (primary N) is 1. The normalized spacial score (nSPS) is 11.1. The highest BCUT2D eigenvalue weighted by atomic mass is 35.5. The van der Waals surface area contributed by atoms with Gasteiger partial charge in [0, 0.05) is 12.1 Å². The molecule has 2 aromatic heterocycles. The molecule has 0 aliphatic heterocycles. The fourth-order valence-electron chi connectivity index (χ4n) is 3.47. The van der Waals surface area contributed by atoms with Crippen molar-refractivity contribution in [2.75, 3.05) is 6.61 Å². The van der Waals surface area contributed by atoms with Gasteiger partial charge in [0.2, 0.25) is 0 Å². The molecule has 0 atom stereocenters. The average Bonchev–Trinajstić information content (AvgIpc) is 3.05. The lowest BCUT2D eigenvalue weighted by Crippen LogP contribution is -2.23. The van der Waals surface area contributed by atoms with E-state index in [0.717, 1.165) is 0 Å². The number of nitrogens with zero attached hydrogens (tertiary/aromatic N) is 4. The molecule has 0 saturated carbocycles. The number of fused-ring (bicyclic) bond motifs is 1. The van der Waals surface area contributed by atoms with Gasteiger partial charge in [0.1, 0.15) is 11.3 Å². The average molecular weight is 438 g/mol. The third kappa shape index (κ3) is 3.55. The van der Waals surface area contributed by atoms with Crippen LogP contribution in [0, 0.1) is 0 Å². The van der Waals surface area contributed by atoms with Crippen molar-refractivity contribution in [3.63, 3.8) is 0 Å². The van der Waals surface area contributed by atoms with Crippen LogP contribution >= 0.6 is 11.6 Å². The topological polar surface area (TPSA) is 105 Å². The summed E-state index contributed by atoms with van der Waals surface area (Å²) in [5, 5.41) is 0.419. The van der Waals surface area contributed by atoms with Gasteiger partial charge in [-0.05, 0) is 50.2 Å². The summed E-state index contributed by atoms with van der Waals surface area (Å²) in [6.45, 7) is 4.54. The van der Waals surface area contributed by atoms with Gasteiger partial charge in [-0.25, -0.2) is 19.3 Å². The van der Waals surface area contributed by atoms with Crippen molar-refractivity contribution >= 4 is 28.7 Å². The van der Waals surface area contributed by atoms with Crippen molar-refractivity contribution in [2.45, 2.75) is 20.4 Å². The molecule has 2 heterocycles. The quantitative estimate of drug-likeness (QED) is 0.497. The molecule has 0 radical (unpaired) electrons. The van der Waals surface area contributed by atoms with Gasteiger partial charge in [-0.1, -0.05) is 23.7 Å². The maximum absolute atomic E-state index is 13.3. The molecule has 1 amide bonds. The molecule has 0 unspecified atom stereocenters. The highest BCUT2D eigenvalue weighted by Gasteiger charge is 2.24. The first-order valence-electron chi connectivity index (χ1n) is 9.77. The molecule has 4 rings (SSSR count). The van der Waals surface area contributed by atoms with Crippen molar-refractivity contribution in [2.24, 2.45) is 5.73 Å². The molecule has 9 heteroatoms. The van der Waals surface area contributed by atoms with Crippen LogP contribution in [0.25, 0.3) is 28.2 Å². The molecule has 0 aliphatic carbocycles. The van der Waals surface area contributed by atoms with Gasteiger partial charge in [0.15, 0.2) is 17.2 Å². The number of primary amides is 1. The number of carbonyl (C=O) groups is 1. The molecule has 31 heavy (non-hydrogen) atoms. The molecule has 0 aliphatic rings. The van der Waals surface area contributed by atoms with Gasteiger partial charge >= 0.3 is 5.69 Å². The van der Waals surface area contributed by atoms with Crippen LogP contribution in [-0.2, 0) is 6.54 Å². The zero-order chi connectivity index (χ0) is 22.1. The minimum atomic E-state index is -0.758. The fourth-order valence-corrected chi connectivity index (χ4v) is 3.69. The van der Waals surface area contributed by atoms with E-state index in [-0.39, 0.29) is 28.4 Å². The van der Waals surface area contributed by atoms with Gasteiger partial charge in [-0.3, -0.25) is 9.36 Å². The Labute approximate surface area is 182 Å². The third-order valence-corrected chi connectivity index (χ3v) is 5.17. The van der Waals surface area contributed by atoms with Crippen LogP contribution in [-0.4, -0.2) is 31.6 Å². The predicted molar refractivity (Wildman–Crippen MR) is 119 cm³/mol. The van der Waals surface area contributed by atoms with E-state index in [0.29, 0.717) is 35.2 Å². The Hall–Kier alpha value is -3.65. The highest BCUT2D eigenvalue weighted by Crippen LogP contribution is 2.28. The second-order valence-electron chi connectivity index (χ2n) is 6.70. The summed E-state index contributed by atoms with van der Waals surface area (Å²) < 4.78 is 8.35. The Morgan fingerprint density at radius 1 is 1.10 bits per heavy atom. The number of ether oxygens (including phenoxy) is 1. The van der Waals surface area contributed by atoms with E-state index in [2.05, 4.69) is 9.97 Å². The van der Waals surface area contributed by atoms with E-state index in [4.69, 9.17) is 22.1 Å². The first kappa shape index (κ1) is 20.6. The summed E-state index contributed by atoms with van der Waals surface area (Å²) in [6.07, 6.45) is 0. The van der Waals surface area contributed by atoms with Gasteiger partial charge in [-0.15, -0.1) is 0 Å². The van der Waals surface area contributed by atoms with Gasteiger partial charge in [-0.2, -0.15) is 0 Å². The van der Waals surface area contributed by atoms with E-state index < -0.39 is 5.91 Å². The summed E-state index contributed by atoms with van der Waals surface area (Å²) in [5.74, 6) is 0.134. The lowest BCUT2D eigenvalue weighted by molar-refractivity contribution is 0.0997. The zero-order valence-electron chi connectivity index (χ0n) is 17.0. The van der Waals surface area contributed by atoms with Crippen molar-refractivity contribution in [1.82, 2.24) is 19.1 Å². The largest absolute Gasteiger partial charge is 0.494 e. The Morgan fingerprint density at radius 2 is 1.81 bits per heavy atom. The molecular weight excluding hydrogens is 418 g/mol. The smallest absolute Gasteiger partial charge is 0.335 e. The number of benzene rings is 2. The monoisotopic (exact) mass is 437 g/mol. The number of halogens is 1. The molecular formula is C22H20ClN5O3. The summed E-state index contributed by atoms with van der Waals surface area (Å²) in [7, 11) is 0. The number of aromatic nitrogens is 4. The summed E-state index contributed by atoms with van der Waals surface area (Å²) in [4.78, 5) is 34.5. The lowest BCUT2D eigenvalue weighted by atomic mass is 10.2. The number of amides is 1. The number of hydrogen-bond donors (Lipinski definition) is 1. The van der Waals surface area contributed by atoms with Gasteiger partial charge in [0.05, 0.1) is 17.3 Å². The molecule has 0 spiro atoms. The van der Waals surface area contributed by atoms with Crippen molar-refractivity contribution in [3.05, 3.63) is 69.7 Å². The van der Waals surface area contributed by atoms with E-state index in [1.807, 2.05) is 6.92 Å². The summed E-state index contributed by atoms with van der Waals surface area (Å²) >= 11 is 6.33. The van der Waals surface area contributed by atoms with Crippen LogP contribution < -0.4 is 16.2 Å². The molecule has 158 valence electrons. The Bertz CT molecular complexity index is 1340. The highest BCUT2D eigenvalue weighted by molar-refractivity contribution is 6.33. The third-order valence-electron chi connectivity index (χ3n) is 4.84. The molecule has 4 aromatic rings. The maximum atomic E-state index is 13.3. The van der Waals surface area contributed by atoms with Gasteiger partial charge < -0.3 is 10.5 Å². The molecule has 8 nitrogen and oxygen atoms in total. The van der Waals surface area contributed by atoms with Crippen molar-refractivity contribution in [1.29, 1.82) is 0 Å².